The normalized spacial score (nSPS) is 10.6. The predicted octanol–water partition coefficient (Wildman–Crippen LogP) is 3.09. The lowest BCUT2D eigenvalue weighted by molar-refractivity contribution is 0.101. The van der Waals surface area contributed by atoms with Crippen LogP contribution in [0.5, 0.6) is 0 Å². The molecule has 0 saturated heterocycles. The van der Waals surface area contributed by atoms with Gasteiger partial charge in [0.05, 0.1) is 16.4 Å². The van der Waals surface area contributed by atoms with Crippen LogP contribution in [0.15, 0.2) is 18.2 Å². The molecule has 0 aliphatic rings. The smallest absolute Gasteiger partial charge is 0.181 e. The predicted molar refractivity (Wildman–Crippen MR) is 66.1 cm³/mol. The van der Waals surface area contributed by atoms with Gasteiger partial charge in [0.15, 0.2) is 11.5 Å². The number of hydrogen-bond acceptors (Lipinski definition) is 3. The van der Waals surface area contributed by atoms with E-state index in [0.29, 0.717) is 27.1 Å². The van der Waals surface area contributed by atoms with Crippen LogP contribution in [0.3, 0.4) is 0 Å². The molecule has 1 aromatic heterocycles. The van der Waals surface area contributed by atoms with Gasteiger partial charge in [0, 0.05) is 11.9 Å². The molecule has 0 saturated carbocycles. The van der Waals surface area contributed by atoms with Crippen molar-refractivity contribution < 1.29 is 4.79 Å². The first-order valence-corrected chi connectivity index (χ1v) is 5.65. The topological polar surface area (TPSA) is 47.8 Å². The molecule has 2 rings (SSSR count). The summed E-state index contributed by atoms with van der Waals surface area (Å²) in [7, 11) is 0. The number of carbonyl (C=O) groups is 1. The molecular formula is C11H9Cl2N3O. The first-order valence-electron chi connectivity index (χ1n) is 4.89. The number of rotatable bonds is 2. The Bertz CT molecular complexity index is 592. The SMILES string of the molecule is CC(=O)c1nnn(-c2cc(Cl)ccc2Cl)c1C. The molecule has 0 fully saturated rings. The van der Waals surface area contributed by atoms with Gasteiger partial charge < -0.3 is 0 Å². The highest BCUT2D eigenvalue weighted by Crippen LogP contribution is 2.25. The van der Waals surface area contributed by atoms with Crippen LogP contribution in [0.1, 0.15) is 23.1 Å². The molecule has 0 bridgehead atoms. The standard InChI is InChI=1S/C11H9Cl2N3O/c1-6-11(7(2)17)14-15-16(6)10-5-8(12)3-4-9(10)13/h3-5H,1-2H3. The van der Waals surface area contributed by atoms with Gasteiger partial charge in [-0.2, -0.15) is 0 Å². The number of hydrogen-bond donors (Lipinski definition) is 0. The molecule has 0 amide bonds. The minimum Gasteiger partial charge on any atom is -0.293 e. The van der Waals surface area contributed by atoms with E-state index in [1.807, 2.05) is 0 Å². The first kappa shape index (κ1) is 12.1. The summed E-state index contributed by atoms with van der Waals surface area (Å²) in [6.45, 7) is 3.20. The van der Waals surface area contributed by atoms with Gasteiger partial charge in [-0.1, -0.05) is 28.4 Å². The van der Waals surface area contributed by atoms with Crippen molar-refractivity contribution in [1.29, 1.82) is 0 Å². The molecule has 0 aliphatic heterocycles. The lowest BCUT2D eigenvalue weighted by Gasteiger charge is -2.06. The van der Waals surface area contributed by atoms with Crippen molar-refractivity contribution in [2.75, 3.05) is 0 Å². The van der Waals surface area contributed by atoms with Crippen molar-refractivity contribution in [2.24, 2.45) is 0 Å². The molecule has 0 N–H and O–H groups in total. The molecule has 4 nitrogen and oxygen atoms in total. The van der Waals surface area contributed by atoms with Gasteiger partial charge in [-0.3, -0.25) is 4.79 Å². The molecule has 0 unspecified atom stereocenters. The molecule has 1 aromatic carbocycles. The van der Waals surface area contributed by atoms with Crippen molar-refractivity contribution >= 4 is 29.0 Å². The Morgan fingerprint density at radius 1 is 1.35 bits per heavy atom. The number of nitrogens with zero attached hydrogens (tertiary/aromatic N) is 3. The number of Topliss-reactive ketones (excluding diaryl/α,β-unsaturated/α-hetero) is 1. The Morgan fingerprint density at radius 2 is 2.06 bits per heavy atom. The second kappa shape index (κ2) is 4.47. The van der Waals surface area contributed by atoms with Crippen LogP contribution in [-0.2, 0) is 0 Å². The maximum absolute atomic E-state index is 11.3. The summed E-state index contributed by atoms with van der Waals surface area (Å²) in [5, 5.41) is 8.78. The zero-order chi connectivity index (χ0) is 12.6. The molecule has 6 heteroatoms. The van der Waals surface area contributed by atoms with E-state index in [1.165, 1.54) is 11.6 Å². The highest BCUT2D eigenvalue weighted by molar-refractivity contribution is 6.34. The van der Waals surface area contributed by atoms with Gasteiger partial charge >= 0.3 is 0 Å². The van der Waals surface area contributed by atoms with E-state index in [-0.39, 0.29) is 5.78 Å². The molecule has 88 valence electrons. The average Bonchev–Trinajstić information content (AvgIpc) is 2.64. The minimum atomic E-state index is -0.132. The monoisotopic (exact) mass is 269 g/mol. The Morgan fingerprint density at radius 3 is 2.65 bits per heavy atom. The number of ketones is 1. The van der Waals surface area contributed by atoms with Gasteiger partial charge in [-0.15, -0.1) is 5.10 Å². The van der Waals surface area contributed by atoms with Gasteiger partial charge in [-0.05, 0) is 25.1 Å². The lowest BCUT2D eigenvalue weighted by Crippen LogP contribution is -2.01. The summed E-state index contributed by atoms with van der Waals surface area (Å²) >= 11 is 12.0. The summed E-state index contributed by atoms with van der Waals surface area (Å²) in [5.74, 6) is -0.132. The van der Waals surface area contributed by atoms with E-state index < -0.39 is 0 Å². The Labute approximate surface area is 108 Å². The lowest BCUT2D eigenvalue weighted by atomic mass is 10.2. The fourth-order valence-corrected chi connectivity index (χ4v) is 1.90. The molecule has 0 atom stereocenters. The quantitative estimate of drug-likeness (QED) is 0.788. The van der Waals surface area contributed by atoms with Gasteiger partial charge in [0.25, 0.3) is 0 Å². The van der Waals surface area contributed by atoms with Gasteiger partial charge in [-0.25, -0.2) is 4.68 Å². The average molecular weight is 270 g/mol. The van der Waals surface area contributed by atoms with Crippen molar-refractivity contribution in [3.8, 4) is 5.69 Å². The van der Waals surface area contributed by atoms with Crippen LogP contribution in [0, 0.1) is 6.92 Å². The molecule has 0 aliphatic carbocycles. The fraction of sp³-hybridized carbons (Fsp3) is 0.182. The molecular weight excluding hydrogens is 261 g/mol. The number of aromatic nitrogens is 3. The Balaban J connectivity index is 2.61. The summed E-state index contributed by atoms with van der Waals surface area (Å²) in [6, 6.07) is 5.04. The van der Waals surface area contributed by atoms with Crippen LogP contribution >= 0.6 is 23.2 Å². The highest BCUT2D eigenvalue weighted by Gasteiger charge is 2.15. The van der Waals surface area contributed by atoms with E-state index in [1.54, 1.807) is 25.1 Å². The van der Waals surface area contributed by atoms with Gasteiger partial charge in [0.2, 0.25) is 0 Å². The number of benzene rings is 1. The molecule has 0 spiro atoms. The van der Waals surface area contributed by atoms with Crippen LogP contribution in [0.25, 0.3) is 5.69 Å². The van der Waals surface area contributed by atoms with Crippen molar-refractivity contribution in [3.05, 3.63) is 39.6 Å². The number of carbonyl (C=O) groups excluding carboxylic acids is 1. The second-order valence-electron chi connectivity index (χ2n) is 3.59. The molecule has 1 heterocycles. The third-order valence-corrected chi connectivity index (χ3v) is 2.92. The van der Waals surface area contributed by atoms with E-state index >= 15 is 0 Å². The third kappa shape index (κ3) is 2.18. The third-order valence-electron chi connectivity index (χ3n) is 2.36. The first-order chi connectivity index (χ1) is 8.00. The van der Waals surface area contributed by atoms with E-state index in [4.69, 9.17) is 23.2 Å². The van der Waals surface area contributed by atoms with E-state index in [0.717, 1.165) is 0 Å². The van der Waals surface area contributed by atoms with E-state index in [2.05, 4.69) is 10.3 Å². The second-order valence-corrected chi connectivity index (χ2v) is 4.43. The van der Waals surface area contributed by atoms with Crippen molar-refractivity contribution in [2.45, 2.75) is 13.8 Å². The summed E-state index contributed by atoms with van der Waals surface area (Å²) in [4.78, 5) is 11.3. The van der Waals surface area contributed by atoms with E-state index in [9.17, 15) is 4.79 Å². The van der Waals surface area contributed by atoms with Crippen LogP contribution in [0.4, 0.5) is 0 Å². The van der Waals surface area contributed by atoms with Crippen molar-refractivity contribution in [3.63, 3.8) is 0 Å². The molecule has 17 heavy (non-hydrogen) atoms. The zero-order valence-corrected chi connectivity index (χ0v) is 10.7. The molecule has 2 aromatic rings. The minimum absolute atomic E-state index is 0.132. The number of halogens is 2. The Kier molecular flexibility index (Phi) is 3.17. The fourth-order valence-electron chi connectivity index (χ4n) is 1.53. The summed E-state index contributed by atoms with van der Waals surface area (Å²) in [5.41, 5.74) is 1.58. The highest BCUT2D eigenvalue weighted by atomic mass is 35.5. The largest absolute Gasteiger partial charge is 0.293 e. The maximum atomic E-state index is 11.3. The van der Waals surface area contributed by atoms with Crippen molar-refractivity contribution in [1.82, 2.24) is 15.0 Å². The Hall–Kier alpha value is -1.39. The van der Waals surface area contributed by atoms with Crippen LogP contribution < -0.4 is 0 Å². The van der Waals surface area contributed by atoms with Crippen LogP contribution in [0.2, 0.25) is 10.0 Å². The maximum Gasteiger partial charge on any atom is 0.181 e. The van der Waals surface area contributed by atoms with Crippen LogP contribution in [-0.4, -0.2) is 20.8 Å². The molecule has 0 radical (unpaired) electrons. The van der Waals surface area contributed by atoms with Gasteiger partial charge in [0.1, 0.15) is 0 Å². The summed E-state index contributed by atoms with van der Waals surface area (Å²) < 4.78 is 1.50. The zero-order valence-electron chi connectivity index (χ0n) is 9.24. The summed E-state index contributed by atoms with van der Waals surface area (Å²) in [6.07, 6.45) is 0.